The number of anilines is 2. The first kappa shape index (κ1) is 14.1. The first-order chi connectivity index (χ1) is 8.99. The average Bonchev–Trinajstić information content (AvgIpc) is 2.84. The minimum Gasteiger partial charge on any atom is -0.376 e. The van der Waals surface area contributed by atoms with Crippen molar-refractivity contribution in [2.45, 2.75) is 32.8 Å². The smallest absolute Gasteiger partial charge is 0.227 e. The van der Waals surface area contributed by atoms with E-state index in [0.717, 1.165) is 42.6 Å². The van der Waals surface area contributed by atoms with E-state index in [9.17, 15) is 0 Å². The average molecular weight is 264 g/mol. The van der Waals surface area contributed by atoms with Crippen LogP contribution in [0.2, 0.25) is 0 Å². The Morgan fingerprint density at radius 2 is 1.95 bits per heavy atom. The van der Waals surface area contributed by atoms with E-state index in [1.165, 1.54) is 6.42 Å². The first-order valence-corrected chi connectivity index (χ1v) is 6.84. The second-order valence-corrected chi connectivity index (χ2v) is 5.47. The maximum Gasteiger partial charge on any atom is 0.227 e. The number of hydrogen-bond donors (Lipinski definition) is 0. The SMILES string of the molecule is Cc1nc(N(C)C)nc(N(C)C[C@H]2CCCO2)c1C. The lowest BCUT2D eigenvalue weighted by Gasteiger charge is -2.25. The van der Waals surface area contributed by atoms with E-state index in [4.69, 9.17) is 4.74 Å². The van der Waals surface area contributed by atoms with Crippen LogP contribution in [0.4, 0.5) is 11.8 Å². The van der Waals surface area contributed by atoms with Crippen LogP contribution < -0.4 is 9.80 Å². The highest BCUT2D eigenvalue weighted by molar-refractivity contribution is 5.51. The molecule has 5 nitrogen and oxygen atoms in total. The van der Waals surface area contributed by atoms with Crippen LogP contribution in [0, 0.1) is 13.8 Å². The van der Waals surface area contributed by atoms with Gasteiger partial charge in [0.25, 0.3) is 0 Å². The lowest BCUT2D eigenvalue weighted by Crippen LogP contribution is -2.30. The summed E-state index contributed by atoms with van der Waals surface area (Å²) in [5, 5.41) is 0. The number of aryl methyl sites for hydroxylation is 1. The lowest BCUT2D eigenvalue weighted by molar-refractivity contribution is 0.116. The van der Waals surface area contributed by atoms with Gasteiger partial charge < -0.3 is 14.5 Å². The van der Waals surface area contributed by atoms with Crippen LogP contribution >= 0.6 is 0 Å². The Bertz CT molecular complexity index is 441. The number of aromatic nitrogens is 2. The third kappa shape index (κ3) is 3.15. The summed E-state index contributed by atoms with van der Waals surface area (Å²) >= 11 is 0. The molecule has 19 heavy (non-hydrogen) atoms. The predicted octanol–water partition coefficient (Wildman–Crippen LogP) is 1.77. The summed E-state index contributed by atoms with van der Waals surface area (Å²) in [7, 11) is 6.01. The van der Waals surface area contributed by atoms with Gasteiger partial charge in [-0.05, 0) is 26.7 Å². The maximum atomic E-state index is 5.70. The summed E-state index contributed by atoms with van der Waals surface area (Å²) < 4.78 is 5.70. The molecule has 1 fully saturated rings. The molecule has 1 saturated heterocycles. The highest BCUT2D eigenvalue weighted by atomic mass is 16.5. The molecule has 0 aromatic carbocycles. The van der Waals surface area contributed by atoms with Gasteiger partial charge in [0.2, 0.25) is 5.95 Å². The zero-order valence-electron chi connectivity index (χ0n) is 12.6. The van der Waals surface area contributed by atoms with Crippen molar-refractivity contribution in [2.75, 3.05) is 44.1 Å². The first-order valence-electron chi connectivity index (χ1n) is 6.84. The summed E-state index contributed by atoms with van der Waals surface area (Å²) in [5.74, 6) is 1.77. The van der Waals surface area contributed by atoms with Gasteiger partial charge in [-0.2, -0.15) is 4.98 Å². The number of ether oxygens (including phenoxy) is 1. The molecule has 1 atom stereocenters. The van der Waals surface area contributed by atoms with E-state index in [1.807, 2.05) is 25.9 Å². The molecule has 1 aliphatic heterocycles. The highest BCUT2D eigenvalue weighted by Gasteiger charge is 2.20. The lowest BCUT2D eigenvalue weighted by atomic mass is 10.2. The van der Waals surface area contributed by atoms with Crippen molar-refractivity contribution < 1.29 is 4.74 Å². The number of likely N-dealkylation sites (N-methyl/N-ethyl adjacent to an activating group) is 1. The van der Waals surface area contributed by atoms with Crippen molar-refractivity contribution in [3.05, 3.63) is 11.3 Å². The molecule has 1 aliphatic rings. The van der Waals surface area contributed by atoms with E-state index in [2.05, 4.69) is 28.8 Å². The summed E-state index contributed by atoms with van der Waals surface area (Å²) in [6.07, 6.45) is 2.65. The summed E-state index contributed by atoms with van der Waals surface area (Å²) in [5.41, 5.74) is 2.18. The molecule has 2 heterocycles. The van der Waals surface area contributed by atoms with E-state index in [-0.39, 0.29) is 0 Å². The number of hydrogen-bond acceptors (Lipinski definition) is 5. The maximum absolute atomic E-state index is 5.70. The van der Waals surface area contributed by atoms with Gasteiger partial charge in [-0.1, -0.05) is 0 Å². The largest absolute Gasteiger partial charge is 0.376 e. The minimum absolute atomic E-state index is 0.336. The van der Waals surface area contributed by atoms with E-state index in [1.54, 1.807) is 0 Å². The van der Waals surface area contributed by atoms with Crippen LogP contribution in [-0.2, 0) is 4.74 Å². The van der Waals surface area contributed by atoms with Gasteiger partial charge in [0.15, 0.2) is 0 Å². The van der Waals surface area contributed by atoms with E-state index < -0.39 is 0 Å². The summed E-state index contributed by atoms with van der Waals surface area (Å²) in [6.45, 7) is 5.90. The molecule has 1 aromatic rings. The Morgan fingerprint density at radius 1 is 1.21 bits per heavy atom. The predicted molar refractivity (Wildman–Crippen MR) is 78.1 cm³/mol. The van der Waals surface area contributed by atoms with E-state index in [0.29, 0.717) is 6.10 Å². The molecule has 0 bridgehead atoms. The van der Waals surface area contributed by atoms with Crippen molar-refractivity contribution in [1.29, 1.82) is 0 Å². The Balaban J connectivity index is 2.21. The molecule has 2 rings (SSSR count). The van der Waals surface area contributed by atoms with Crippen molar-refractivity contribution in [1.82, 2.24) is 9.97 Å². The summed E-state index contributed by atoms with van der Waals surface area (Å²) in [4.78, 5) is 13.3. The molecule has 0 N–H and O–H groups in total. The zero-order valence-corrected chi connectivity index (χ0v) is 12.6. The monoisotopic (exact) mass is 264 g/mol. The van der Waals surface area contributed by atoms with Crippen LogP contribution in [0.25, 0.3) is 0 Å². The number of nitrogens with zero attached hydrogens (tertiary/aromatic N) is 4. The zero-order chi connectivity index (χ0) is 14.0. The molecule has 0 amide bonds. The Hall–Kier alpha value is -1.36. The van der Waals surface area contributed by atoms with Gasteiger partial charge in [0.1, 0.15) is 5.82 Å². The van der Waals surface area contributed by atoms with Crippen molar-refractivity contribution in [2.24, 2.45) is 0 Å². The standard InChI is InChI=1S/C14H24N4O/c1-10-11(2)15-14(17(3)4)16-13(10)18(5)9-12-7-6-8-19-12/h12H,6-9H2,1-5H3/t12-/m1/s1. The van der Waals surface area contributed by atoms with Crippen molar-refractivity contribution in [3.8, 4) is 0 Å². The Morgan fingerprint density at radius 3 is 2.53 bits per heavy atom. The second kappa shape index (κ2) is 5.74. The van der Waals surface area contributed by atoms with Crippen LogP contribution in [0.1, 0.15) is 24.1 Å². The molecule has 0 spiro atoms. The van der Waals surface area contributed by atoms with Gasteiger partial charge in [0.05, 0.1) is 6.10 Å². The fraction of sp³-hybridized carbons (Fsp3) is 0.714. The second-order valence-electron chi connectivity index (χ2n) is 5.47. The molecular formula is C14H24N4O. The van der Waals surface area contributed by atoms with Gasteiger partial charge in [-0.25, -0.2) is 4.98 Å². The van der Waals surface area contributed by atoms with Gasteiger partial charge in [0, 0.05) is 45.6 Å². The van der Waals surface area contributed by atoms with Crippen LogP contribution in [0.5, 0.6) is 0 Å². The van der Waals surface area contributed by atoms with E-state index >= 15 is 0 Å². The highest BCUT2D eigenvalue weighted by Crippen LogP contribution is 2.23. The molecule has 5 heteroatoms. The fourth-order valence-corrected chi connectivity index (χ4v) is 2.35. The summed E-state index contributed by atoms with van der Waals surface area (Å²) in [6, 6.07) is 0. The topological polar surface area (TPSA) is 41.5 Å². The van der Waals surface area contributed by atoms with Crippen LogP contribution in [0.3, 0.4) is 0 Å². The molecule has 0 aliphatic carbocycles. The van der Waals surface area contributed by atoms with Gasteiger partial charge >= 0.3 is 0 Å². The van der Waals surface area contributed by atoms with Crippen molar-refractivity contribution >= 4 is 11.8 Å². The third-order valence-electron chi connectivity index (χ3n) is 3.61. The Labute approximate surface area is 115 Å². The fourth-order valence-electron chi connectivity index (χ4n) is 2.35. The van der Waals surface area contributed by atoms with Gasteiger partial charge in [-0.3, -0.25) is 0 Å². The minimum atomic E-state index is 0.336. The molecule has 0 saturated carbocycles. The van der Waals surface area contributed by atoms with Gasteiger partial charge in [-0.15, -0.1) is 0 Å². The quantitative estimate of drug-likeness (QED) is 0.829. The third-order valence-corrected chi connectivity index (χ3v) is 3.61. The molecule has 1 aromatic heterocycles. The number of rotatable bonds is 4. The molecule has 106 valence electrons. The molecular weight excluding hydrogens is 240 g/mol. The van der Waals surface area contributed by atoms with Crippen molar-refractivity contribution in [3.63, 3.8) is 0 Å². The van der Waals surface area contributed by atoms with Crippen LogP contribution in [-0.4, -0.2) is 50.4 Å². The molecule has 0 unspecified atom stereocenters. The normalized spacial score (nSPS) is 18.7. The Kier molecular flexibility index (Phi) is 4.24. The van der Waals surface area contributed by atoms with Crippen LogP contribution in [0.15, 0.2) is 0 Å². The molecule has 0 radical (unpaired) electrons.